The van der Waals surface area contributed by atoms with Gasteiger partial charge in [-0.15, -0.1) is 0 Å². The molecule has 1 N–H and O–H groups in total. The smallest absolute Gasteiger partial charge is 0.119 e. The number of rotatable bonds is 5. The molecule has 0 saturated carbocycles. The van der Waals surface area contributed by atoms with Gasteiger partial charge in [-0.05, 0) is 37.7 Å². The Kier molecular flexibility index (Phi) is 4.77. The second-order valence-electron chi connectivity index (χ2n) is 3.22. The Morgan fingerprint density at radius 3 is 2.57 bits per heavy atom. The minimum atomic E-state index is 0.371. The Balaban J connectivity index is 2.34. The van der Waals surface area contributed by atoms with Gasteiger partial charge in [0.25, 0.3) is 0 Å². The summed E-state index contributed by atoms with van der Waals surface area (Å²) in [6.07, 6.45) is 0. The van der Waals surface area contributed by atoms with Crippen molar-refractivity contribution in [1.82, 2.24) is 5.32 Å². The van der Waals surface area contributed by atoms with Crippen molar-refractivity contribution in [3.8, 4) is 5.75 Å². The highest BCUT2D eigenvalue weighted by atomic mass is 35.5. The van der Waals surface area contributed by atoms with Crippen molar-refractivity contribution >= 4 is 11.6 Å². The van der Waals surface area contributed by atoms with E-state index in [1.54, 1.807) is 0 Å². The predicted octanol–water partition coefficient (Wildman–Crippen LogP) is 2.72. The fraction of sp³-hybridized carbons (Fsp3) is 0.455. The molecule has 0 aliphatic heterocycles. The van der Waals surface area contributed by atoms with Crippen molar-refractivity contribution in [2.75, 3.05) is 13.2 Å². The minimum Gasteiger partial charge on any atom is -0.492 e. The number of nitrogens with one attached hydrogen (secondary N) is 1. The van der Waals surface area contributed by atoms with Gasteiger partial charge in [0.15, 0.2) is 0 Å². The molecule has 0 aliphatic carbocycles. The Hall–Kier alpha value is -0.730. The van der Waals surface area contributed by atoms with E-state index in [1.807, 2.05) is 24.3 Å². The second kappa shape index (κ2) is 5.89. The molecular weight excluding hydrogens is 198 g/mol. The zero-order valence-corrected chi connectivity index (χ0v) is 9.34. The first-order valence-corrected chi connectivity index (χ1v) is 5.22. The lowest BCUT2D eigenvalue weighted by Crippen LogP contribution is -2.31. The Labute approximate surface area is 90.2 Å². The first-order chi connectivity index (χ1) is 6.72. The van der Waals surface area contributed by atoms with E-state index in [1.165, 1.54) is 0 Å². The highest BCUT2D eigenvalue weighted by Gasteiger charge is 2.00. The van der Waals surface area contributed by atoms with Crippen LogP contribution >= 0.6 is 11.6 Å². The largest absolute Gasteiger partial charge is 0.492 e. The van der Waals surface area contributed by atoms with Crippen LogP contribution in [0.25, 0.3) is 0 Å². The van der Waals surface area contributed by atoms with E-state index in [0.717, 1.165) is 17.3 Å². The highest BCUT2D eigenvalue weighted by Crippen LogP contribution is 2.15. The van der Waals surface area contributed by atoms with E-state index < -0.39 is 0 Å². The van der Waals surface area contributed by atoms with Crippen LogP contribution < -0.4 is 10.1 Å². The van der Waals surface area contributed by atoms with Crippen molar-refractivity contribution in [2.45, 2.75) is 19.9 Å². The van der Waals surface area contributed by atoms with E-state index in [9.17, 15) is 0 Å². The lowest BCUT2D eigenvalue weighted by molar-refractivity contribution is 0.275. The van der Waals surface area contributed by atoms with Gasteiger partial charge in [0.05, 0.1) is 0 Å². The molecule has 3 heteroatoms. The molecular formula is C11H16ClNO. The SMILES string of the molecule is CCNC(C)COc1ccc(Cl)cc1. The summed E-state index contributed by atoms with van der Waals surface area (Å²) in [4.78, 5) is 0. The summed E-state index contributed by atoms with van der Waals surface area (Å²) in [6.45, 7) is 5.82. The van der Waals surface area contributed by atoms with Crippen molar-refractivity contribution < 1.29 is 4.74 Å². The topological polar surface area (TPSA) is 21.3 Å². The maximum atomic E-state index is 5.76. The van der Waals surface area contributed by atoms with Crippen LogP contribution in [-0.4, -0.2) is 19.2 Å². The third-order valence-corrected chi connectivity index (χ3v) is 2.12. The average molecular weight is 214 g/mol. The first-order valence-electron chi connectivity index (χ1n) is 4.84. The Bertz CT molecular complexity index is 260. The lowest BCUT2D eigenvalue weighted by atomic mass is 10.3. The molecule has 1 aromatic rings. The van der Waals surface area contributed by atoms with Gasteiger partial charge in [-0.1, -0.05) is 18.5 Å². The number of halogens is 1. The molecule has 2 nitrogen and oxygen atoms in total. The number of likely N-dealkylation sites (N-methyl/N-ethyl adjacent to an activating group) is 1. The van der Waals surface area contributed by atoms with Gasteiger partial charge in [-0.25, -0.2) is 0 Å². The molecule has 1 aromatic carbocycles. The first kappa shape index (κ1) is 11.3. The lowest BCUT2D eigenvalue weighted by Gasteiger charge is -2.13. The van der Waals surface area contributed by atoms with Crippen LogP contribution in [0.15, 0.2) is 24.3 Å². The molecule has 14 heavy (non-hydrogen) atoms. The molecule has 0 amide bonds. The van der Waals surface area contributed by atoms with E-state index in [2.05, 4.69) is 19.2 Å². The Morgan fingerprint density at radius 1 is 1.36 bits per heavy atom. The van der Waals surface area contributed by atoms with Crippen LogP contribution in [0.4, 0.5) is 0 Å². The highest BCUT2D eigenvalue weighted by molar-refractivity contribution is 6.30. The van der Waals surface area contributed by atoms with E-state index >= 15 is 0 Å². The van der Waals surface area contributed by atoms with Gasteiger partial charge < -0.3 is 10.1 Å². The summed E-state index contributed by atoms with van der Waals surface area (Å²) in [7, 11) is 0. The zero-order chi connectivity index (χ0) is 10.4. The zero-order valence-electron chi connectivity index (χ0n) is 8.59. The van der Waals surface area contributed by atoms with Gasteiger partial charge in [-0.3, -0.25) is 0 Å². The second-order valence-corrected chi connectivity index (χ2v) is 3.66. The third-order valence-electron chi connectivity index (χ3n) is 1.87. The summed E-state index contributed by atoms with van der Waals surface area (Å²) in [6, 6.07) is 7.78. The van der Waals surface area contributed by atoms with Crippen LogP contribution in [-0.2, 0) is 0 Å². The molecule has 0 saturated heterocycles. The van der Waals surface area contributed by atoms with Crippen molar-refractivity contribution in [1.29, 1.82) is 0 Å². The number of hydrogen-bond donors (Lipinski definition) is 1. The van der Waals surface area contributed by atoms with Gasteiger partial charge >= 0.3 is 0 Å². The summed E-state index contributed by atoms with van der Waals surface area (Å²) in [5.74, 6) is 0.860. The standard InChI is InChI=1S/C11H16ClNO/c1-3-13-9(2)8-14-11-6-4-10(12)5-7-11/h4-7,9,13H,3,8H2,1-2H3. The molecule has 0 radical (unpaired) electrons. The maximum absolute atomic E-state index is 5.76. The number of hydrogen-bond acceptors (Lipinski definition) is 2. The Morgan fingerprint density at radius 2 is 2.00 bits per heavy atom. The third kappa shape index (κ3) is 3.99. The van der Waals surface area contributed by atoms with E-state index in [-0.39, 0.29) is 0 Å². The normalized spacial score (nSPS) is 12.5. The molecule has 0 heterocycles. The fourth-order valence-corrected chi connectivity index (χ4v) is 1.29. The number of ether oxygens (including phenoxy) is 1. The monoisotopic (exact) mass is 213 g/mol. The van der Waals surface area contributed by atoms with Crippen LogP contribution in [0.2, 0.25) is 5.02 Å². The van der Waals surface area contributed by atoms with Gasteiger partial charge in [0.1, 0.15) is 12.4 Å². The summed E-state index contributed by atoms with van der Waals surface area (Å²) in [5, 5.41) is 4.01. The molecule has 0 spiro atoms. The molecule has 1 atom stereocenters. The quantitative estimate of drug-likeness (QED) is 0.812. The van der Waals surface area contributed by atoms with E-state index in [0.29, 0.717) is 12.6 Å². The van der Waals surface area contributed by atoms with Gasteiger partial charge in [-0.2, -0.15) is 0 Å². The maximum Gasteiger partial charge on any atom is 0.119 e. The molecule has 78 valence electrons. The molecule has 0 bridgehead atoms. The van der Waals surface area contributed by atoms with Crippen LogP contribution in [0.5, 0.6) is 5.75 Å². The fourth-order valence-electron chi connectivity index (χ4n) is 1.16. The summed E-state index contributed by atoms with van der Waals surface area (Å²) < 4.78 is 5.55. The summed E-state index contributed by atoms with van der Waals surface area (Å²) >= 11 is 5.76. The van der Waals surface area contributed by atoms with E-state index in [4.69, 9.17) is 16.3 Å². The molecule has 0 fully saturated rings. The molecule has 0 aromatic heterocycles. The van der Waals surface area contributed by atoms with Crippen molar-refractivity contribution in [3.05, 3.63) is 29.3 Å². The molecule has 0 aliphatic rings. The van der Waals surface area contributed by atoms with Crippen molar-refractivity contribution in [3.63, 3.8) is 0 Å². The predicted molar refractivity (Wildman–Crippen MR) is 60.1 cm³/mol. The molecule has 1 unspecified atom stereocenters. The van der Waals surface area contributed by atoms with Gasteiger partial charge in [0.2, 0.25) is 0 Å². The number of benzene rings is 1. The molecule has 1 rings (SSSR count). The average Bonchev–Trinajstić information content (AvgIpc) is 2.17. The van der Waals surface area contributed by atoms with Crippen LogP contribution in [0.3, 0.4) is 0 Å². The van der Waals surface area contributed by atoms with Crippen LogP contribution in [0.1, 0.15) is 13.8 Å². The summed E-state index contributed by atoms with van der Waals surface area (Å²) in [5.41, 5.74) is 0. The van der Waals surface area contributed by atoms with Crippen LogP contribution in [0, 0.1) is 0 Å². The van der Waals surface area contributed by atoms with Gasteiger partial charge in [0, 0.05) is 11.1 Å². The minimum absolute atomic E-state index is 0.371. The van der Waals surface area contributed by atoms with Crippen molar-refractivity contribution in [2.24, 2.45) is 0 Å².